The molecule has 0 saturated carbocycles. The van der Waals surface area contributed by atoms with Crippen molar-refractivity contribution >= 4 is 23.2 Å². The molecular weight excluding hydrogens is 288 g/mol. The lowest BCUT2D eigenvalue weighted by Crippen LogP contribution is -2.40. The van der Waals surface area contributed by atoms with Crippen LogP contribution in [0.2, 0.25) is 5.02 Å². The number of carbonyl (C=O) groups excluding carboxylic acids is 1. The van der Waals surface area contributed by atoms with Gasteiger partial charge in [-0.2, -0.15) is 5.10 Å². The van der Waals surface area contributed by atoms with Crippen LogP contribution in [0.4, 0.5) is 5.69 Å². The molecule has 1 aromatic heterocycles. The van der Waals surface area contributed by atoms with Crippen LogP contribution >= 0.6 is 11.6 Å². The summed E-state index contributed by atoms with van der Waals surface area (Å²) in [6.07, 6.45) is 4.27. The first kappa shape index (κ1) is 15.5. The van der Waals surface area contributed by atoms with E-state index in [4.69, 9.17) is 17.3 Å². The normalized spacial score (nSPS) is 13.7. The van der Waals surface area contributed by atoms with Crippen molar-refractivity contribution < 1.29 is 4.79 Å². The van der Waals surface area contributed by atoms with E-state index < -0.39 is 6.04 Å². The predicted molar refractivity (Wildman–Crippen MR) is 84.6 cm³/mol. The van der Waals surface area contributed by atoms with Gasteiger partial charge < -0.3 is 11.1 Å². The van der Waals surface area contributed by atoms with E-state index in [0.717, 1.165) is 6.42 Å². The SMILES string of the molecule is CCC(C)[C@H](N)C(=O)Nc1cccc(Cl)c1-n1cccn1. The van der Waals surface area contributed by atoms with Crippen molar-refractivity contribution in [2.45, 2.75) is 26.3 Å². The van der Waals surface area contributed by atoms with Gasteiger partial charge in [-0.15, -0.1) is 0 Å². The molecule has 0 aliphatic carbocycles. The largest absolute Gasteiger partial charge is 0.323 e. The Morgan fingerprint density at radius 2 is 2.24 bits per heavy atom. The van der Waals surface area contributed by atoms with Gasteiger partial charge in [0, 0.05) is 12.4 Å². The number of amides is 1. The minimum atomic E-state index is -0.556. The average Bonchev–Trinajstić information content (AvgIpc) is 2.99. The number of anilines is 1. The fraction of sp³-hybridized carbons (Fsp3) is 0.333. The summed E-state index contributed by atoms with van der Waals surface area (Å²) >= 11 is 6.23. The summed E-state index contributed by atoms with van der Waals surface area (Å²) < 4.78 is 1.62. The van der Waals surface area contributed by atoms with Gasteiger partial charge in [0.15, 0.2) is 0 Å². The number of benzene rings is 1. The molecule has 0 bridgehead atoms. The van der Waals surface area contributed by atoms with Crippen molar-refractivity contribution in [2.75, 3.05) is 5.32 Å². The maximum absolute atomic E-state index is 12.2. The number of nitrogens with two attached hydrogens (primary N) is 1. The first-order chi connectivity index (χ1) is 10.0. The summed E-state index contributed by atoms with van der Waals surface area (Å²) in [7, 11) is 0. The highest BCUT2D eigenvalue weighted by Crippen LogP contribution is 2.28. The number of nitrogens with zero attached hydrogens (tertiary/aromatic N) is 2. The molecule has 21 heavy (non-hydrogen) atoms. The molecule has 0 aliphatic heterocycles. The molecule has 0 spiro atoms. The standard InChI is InChI=1S/C15H19ClN4O/c1-3-10(2)13(17)15(21)19-12-7-4-6-11(16)14(12)20-9-5-8-18-20/h4-10,13H,3,17H2,1-2H3,(H,19,21)/t10?,13-/m0/s1. The lowest BCUT2D eigenvalue weighted by molar-refractivity contribution is -0.118. The quantitative estimate of drug-likeness (QED) is 0.892. The van der Waals surface area contributed by atoms with E-state index in [9.17, 15) is 4.79 Å². The van der Waals surface area contributed by atoms with E-state index in [1.165, 1.54) is 0 Å². The highest BCUT2D eigenvalue weighted by atomic mass is 35.5. The molecule has 6 heteroatoms. The molecule has 1 unspecified atom stereocenters. The van der Waals surface area contributed by atoms with Crippen molar-refractivity contribution in [3.05, 3.63) is 41.7 Å². The van der Waals surface area contributed by atoms with E-state index >= 15 is 0 Å². The Morgan fingerprint density at radius 1 is 1.48 bits per heavy atom. The summed E-state index contributed by atoms with van der Waals surface area (Å²) in [6, 6.07) is 6.55. The fourth-order valence-corrected chi connectivity index (χ4v) is 2.24. The van der Waals surface area contributed by atoms with Crippen LogP contribution in [0.25, 0.3) is 5.69 Å². The van der Waals surface area contributed by atoms with Crippen molar-refractivity contribution in [1.82, 2.24) is 9.78 Å². The number of para-hydroxylation sites is 1. The molecule has 0 fully saturated rings. The molecule has 1 amide bonds. The lowest BCUT2D eigenvalue weighted by Gasteiger charge is -2.19. The van der Waals surface area contributed by atoms with Crippen LogP contribution in [0.5, 0.6) is 0 Å². The van der Waals surface area contributed by atoms with Crippen LogP contribution in [0.3, 0.4) is 0 Å². The third-order valence-electron chi connectivity index (χ3n) is 3.54. The minimum absolute atomic E-state index is 0.109. The number of hydrogen-bond acceptors (Lipinski definition) is 3. The molecule has 0 saturated heterocycles. The number of rotatable bonds is 5. The van der Waals surface area contributed by atoms with Crippen LogP contribution in [0, 0.1) is 5.92 Å². The number of halogens is 1. The molecule has 5 nitrogen and oxygen atoms in total. The van der Waals surface area contributed by atoms with Crippen LogP contribution in [0.1, 0.15) is 20.3 Å². The first-order valence-electron chi connectivity index (χ1n) is 6.89. The Hall–Kier alpha value is -1.85. The predicted octanol–water partition coefficient (Wildman–Crippen LogP) is 2.84. The van der Waals surface area contributed by atoms with Crippen molar-refractivity contribution in [3.63, 3.8) is 0 Å². The van der Waals surface area contributed by atoms with Crippen molar-refractivity contribution in [3.8, 4) is 5.69 Å². The number of aromatic nitrogens is 2. The zero-order valence-corrected chi connectivity index (χ0v) is 12.8. The zero-order chi connectivity index (χ0) is 15.4. The van der Waals surface area contributed by atoms with Gasteiger partial charge in [0.25, 0.3) is 0 Å². The van der Waals surface area contributed by atoms with Gasteiger partial charge in [0.1, 0.15) is 5.69 Å². The second-order valence-electron chi connectivity index (χ2n) is 4.99. The molecule has 0 aliphatic rings. The van der Waals surface area contributed by atoms with Crippen LogP contribution in [0.15, 0.2) is 36.7 Å². The molecule has 2 rings (SSSR count). The topological polar surface area (TPSA) is 72.9 Å². The van der Waals surface area contributed by atoms with Gasteiger partial charge in [-0.1, -0.05) is 37.9 Å². The van der Waals surface area contributed by atoms with Gasteiger partial charge in [-0.05, 0) is 24.1 Å². The zero-order valence-electron chi connectivity index (χ0n) is 12.1. The van der Waals surface area contributed by atoms with Gasteiger partial charge >= 0.3 is 0 Å². The molecule has 1 aromatic carbocycles. The second kappa shape index (κ2) is 6.74. The van der Waals surface area contributed by atoms with Crippen molar-refractivity contribution in [2.24, 2.45) is 11.7 Å². The number of hydrogen-bond donors (Lipinski definition) is 2. The molecule has 3 N–H and O–H groups in total. The molecule has 1 heterocycles. The Labute approximate surface area is 129 Å². The van der Waals surface area contributed by atoms with E-state index in [-0.39, 0.29) is 11.8 Å². The number of carbonyl (C=O) groups is 1. The third-order valence-corrected chi connectivity index (χ3v) is 3.84. The summed E-state index contributed by atoms with van der Waals surface area (Å²) in [5.74, 6) is -0.114. The van der Waals surface area contributed by atoms with E-state index in [1.54, 1.807) is 41.3 Å². The van der Waals surface area contributed by atoms with Crippen LogP contribution < -0.4 is 11.1 Å². The third kappa shape index (κ3) is 3.43. The molecular formula is C15H19ClN4O. The fourth-order valence-electron chi connectivity index (χ4n) is 1.98. The average molecular weight is 307 g/mol. The summed E-state index contributed by atoms with van der Waals surface area (Å²) in [6.45, 7) is 3.96. The molecule has 2 atom stereocenters. The van der Waals surface area contributed by atoms with E-state index in [0.29, 0.717) is 16.4 Å². The first-order valence-corrected chi connectivity index (χ1v) is 7.27. The molecule has 2 aromatic rings. The minimum Gasteiger partial charge on any atom is -0.323 e. The Balaban J connectivity index is 2.29. The molecule has 0 radical (unpaired) electrons. The maximum Gasteiger partial charge on any atom is 0.241 e. The maximum atomic E-state index is 12.2. The van der Waals surface area contributed by atoms with E-state index in [1.807, 2.05) is 13.8 Å². The molecule has 112 valence electrons. The van der Waals surface area contributed by atoms with Gasteiger partial charge in [-0.25, -0.2) is 4.68 Å². The Kier molecular flexibility index (Phi) is 4.98. The summed E-state index contributed by atoms with van der Waals surface area (Å²) in [5, 5.41) is 7.51. The Bertz CT molecular complexity index is 612. The van der Waals surface area contributed by atoms with Gasteiger partial charge in [0.2, 0.25) is 5.91 Å². The monoisotopic (exact) mass is 306 g/mol. The second-order valence-corrected chi connectivity index (χ2v) is 5.39. The summed E-state index contributed by atoms with van der Waals surface area (Å²) in [5.41, 5.74) is 7.18. The smallest absolute Gasteiger partial charge is 0.241 e. The van der Waals surface area contributed by atoms with Crippen molar-refractivity contribution in [1.29, 1.82) is 0 Å². The van der Waals surface area contributed by atoms with Gasteiger partial charge in [-0.3, -0.25) is 4.79 Å². The summed E-state index contributed by atoms with van der Waals surface area (Å²) in [4.78, 5) is 12.2. The highest BCUT2D eigenvalue weighted by molar-refractivity contribution is 6.33. The number of nitrogens with one attached hydrogen (secondary N) is 1. The van der Waals surface area contributed by atoms with Crippen LogP contribution in [-0.4, -0.2) is 21.7 Å². The highest BCUT2D eigenvalue weighted by Gasteiger charge is 2.21. The van der Waals surface area contributed by atoms with Gasteiger partial charge in [0.05, 0.1) is 16.8 Å². The lowest BCUT2D eigenvalue weighted by atomic mass is 9.99. The van der Waals surface area contributed by atoms with Crippen LogP contribution in [-0.2, 0) is 4.79 Å². The van der Waals surface area contributed by atoms with E-state index in [2.05, 4.69) is 10.4 Å². The Morgan fingerprint density at radius 3 is 2.86 bits per heavy atom.